The van der Waals surface area contributed by atoms with Crippen LogP contribution in [-0.4, -0.2) is 18.5 Å². The number of esters is 1. The van der Waals surface area contributed by atoms with E-state index >= 15 is 0 Å². The van der Waals surface area contributed by atoms with Crippen LogP contribution in [0.5, 0.6) is 0 Å². The standard InChI is InChI=1S/C20H22ClNO3/c1-20(2,3)16-10-8-14(9-11-16)19(24)25-13-18(23)22-12-15-6-4-5-7-17(15)21/h4-11H,12-13H2,1-3H3,(H,22,23). The van der Waals surface area contributed by atoms with Crippen molar-refractivity contribution < 1.29 is 14.3 Å². The van der Waals surface area contributed by atoms with Crippen molar-refractivity contribution in [2.75, 3.05) is 6.61 Å². The lowest BCUT2D eigenvalue weighted by molar-refractivity contribution is -0.124. The first-order valence-electron chi connectivity index (χ1n) is 8.05. The molecule has 0 fully saturated rings. The average molecular weight is 360 g/mol. The number of nitrogens with one attached hydrogen (secondary N) is 1. The van der Waals surface area contributed by atoms with E-state index in [1.54, 1.807) is 18.2 Å². The zero-order chi connectivity index (χ0) is 18.4. The highest BCUT2D eigenvalue weighted by Crippen LogP contribution is 2.22. The second-order valence-electron chi connectivity index (χ2n) is 6.77. The van der Waals surface area contributed by atoms with Gasteiger partial charge in [0.15, 0.2) is 6.61 Å². The molecular formula is C20H22ClNO3. The van der Waals surface area contributed by atoms with Crippen LogP contribution in [-0.2, 0) is 21.5 Å². The smallest absolute Gasteiger partial charge is 0.338 e. The number of carbonyl (C=O) groups excluding carboxylic acids is 2. The van der Waals surface area contributed by atoms with Crippen LogP contribution >= 0.6 is 11.6 Å². The maximum Gasteiger partial charge on any atom is 0.338 e. The van der Waals surface area contributed by atoms with Crippen LogP contribution in [0.1, 0.15) is 42.3 Å². The third kappa shape index (κ3) is 5.61. The lowest BCUT2D eigenvalue weighted by atomic mass is 9.87. The lowest BCUT2D eigenvalue weighted by Gasteiger charge is -2.18. The number of amides is 1. The van der Waals surface area contributed by atoms with Crippen molar-refractivity contribution in [3.8, 4) is 0 Å². The second kappa shape index (κ2) is 8.17. The van der Waals surface area contributed by atoms with Gasteiger partial charge in [0.2, 0.25) is 0 Å². The molecule has 0 heterocycles. The topological polar surface area (TPSA) is 55.4 Å². The van der Waals surface area contributed by atoms with Gasteiger partial charge in [0.05, 0.1) is 5.56 Å². The third-order valence-electron chi connectivity index (χ3n) is 3.75. The molecule has 1 N–H and O–H groups in total. The van der Waals surface area contributed by atoms with Gasteiger partial charge in [-0.05, 0) is 34.7 Å². The van der Waals surface area contributed by atoms with Crippen LogP contribution in [0.25, 0.3) is 0 Å². The number of carbonyl (C=O) groups is 2. The first-order chi connectivity index (χ1) is 11.8. The van der Waals surface area contributed by atoms with Crippen molar-refractivity contribution in [2.24, 2.45) is 0 Å². The van der Waals surface area contributed by atoms with E-state index in [0.717, 1.165) is 11.1 Å². The van der Waals surface area contributed by atoms with Gasteiger partial charge in [0.1, 0.15) is 0 Å². The number of hydrogen-bond acceptors (Lipinski definition) is 3. The maximum atomic E-state index is 12.0. The van der Waals surface area contributed by atoms with Crippen LogP contribution in [0.15, 0.2) is 48.5 Å². The number of ether oxygens (including phenoxy) is 1. The highest BCUT2D eigenvalue weighted by molar-refractivity contribution is 6.31. The van der Waals surface area contributed by atoms with Crippen molar-refractivity contribution in [1.82, 2.24) is 5.32 Å². The Labute approximate surface area is 153 Å². The Morgan fingerprint density at radius 1 is 1.04 bits per heavy atom. The quantitative estimate of drug-likeness (QED) is 0.817. The van der Waals surface area contributed by atoms with Gasteiger partial charge in [-0.3, -0.25) is 4.79 Å². The molecule has 1 amide bonds. The summed E-state index contributed by atoms with van der Waals surface area (Å²) in [6.07, 6.45) is 0. The van der Waals surface area contributed by atoms with E-state index in [1.807, 2.05) is 30.3 Å². The summed E-state index contributed by atoms with van der Waals surface area (Å²) in [6, 6.07) is 14.5. The molecule has 0 spiro atoms. The van der Waals surface area contributed by atoms with E-state index in [-0.39, 0.29) is 24.5 Å². The van der Waals surface area contributed by atoms with Crippen molar-refractivity contribution in [1.29, 1.82) is 0 Å². The summed E-state index contributed by atoms with van der Waals surface area (Å²) in [5, 5.41) is 3.26. The fourth-order valence-corrected chi connectivity index (χ4v) is 2.41. The SMILES string of the molecule is CC(C)(C)c1ccc(C(=O)OCC(=O)NCc2ccccc2Cl)cc1. The Balaban J connectivity index is 1.83. The number of rotatable bonds is 5. The van der Waals surface area contributed by atoms with Crippen LogP contribution < -0.4 is 5.32 Å². The molecule has 0 atom stereocenters. The normalized spacial score (nSPS) is 11.0. The van der Waals surface area contributed by atoms with E-state index in [4.69, 9.17) is 16.3 Å². The van der Waals surface area contributed by atoms with Crippen LogP contribution in [0.4, 0.5) is 0 Å². The van der Waals surface area contributed by atoms with E-state index < -0.39 is 5.97 Å². The Hall–Kier alpha value is -2.33. The summed E-state index contributed by atoms with van der Waals surface area (Å²) < 4.78 is 5.05. The molecular weight excluding hydrogens is 338 g/mol. The lowest BCUT2D eigenvalue weighted by Crippen LogP contribution is -2.28. The first kappa shape index (κ1) is 19.0. The highest BCUT2D eigenvalue weighted by atomic mass is 35.5. The zero-order valence-electron chi connectivity index (χ0n) is 14.6. The van der Waals surface area contributed by atoms with Gasteiger partial charge in [-0.15, -0.1) is 0 Å². The molecule has 2 rings (SSSR count). The molecule has 25 heavy (non-hydrogen) atoms. The Morgan fingerprint density at radius 2 is 1.68 bits per heavy atom. The van der Waals surface area contributed by atoms with Gasteiger partial charge in [-0.1, -0.05) is 62.7 Å². The van der Waals surface area contributed by atoms with Crippen molar-refractivity contribution >= 4 is 23.5 Å². The van der Waals surface area contributed by atoms with E-state index in [1.165, 1.54) is 0 Å². The minimum atomic E-state index is -0.520. The summed E-state index contributed by atoms with van der Waals surface area (Å²) in [4.78, 5) is 23.8. The van der Waals surface area contributed by atoms with Gasteiger partial charge in [-0.25, -0.2) is 4.79 Å². The number of benzene rings is 2. The highest BCUT2D eigenvalue weighted by Gasteiger charge is 2.15. The number of halogens is 1. The molecule has 0 aliphatic rings. The molecule has 0 saturated carbocycles. The molecule has 0 aliphatic carbocycles. The maximum absolute atomic E-state index is 12.0. The van der Waals surface area contributed by atoms with Crippen LogP contribution in [0, 0.1) is 0 Å². The molecule has 4 nitrogen and oxygen atoms in total. The Morgan fingerprint density at radius 3 is 2.28 bits per heavy atom. The third-order valence-corrected chi connectivity index (χ3v) is 4.12. The van der Waals surface area contributed by atoms with E-state index in [9.17, 15) is 9.59 Å². The summed E-state index contributed by atoms with van der Waals surface area (Å²) >= 11 is 6.02. The fraction of sp³-hybridized carbons (Fsp3) is 0.300. The molecule has 5 heteroatoms. The predicted molar refractivity (Wildman–Crippen MR) is 98.7 cm³/mol. The minimum absolute atomic E-state index is 0.0149. The molecule has 0 radical (unpaired) electrons. The van der Waals surface area contributed by atoms with E-state index in [2.05, 4.69) is 26.1 Å². The van der Waals surface area contributed by atoms with Crippen molar-refractivity contribution in [3.63, 3.8) is 0 Å². The predicted octanol–water partition coefficient (Wildman–Crippen LogP) is 4.11. The molecule has 2 aromatic carbocycles. The summed E-state index contributed by atoms with van der Waals surface area (Å²) in [7, 11) is 0. The summed E-state index contributed by atoms with van der Waals surface area (Å²) in [5.74, 6) is -0.895. The van der Waals surface area contributed by atoms with Crippen LogP contribution in [0.2, 0.25) is 5.02 Å². The Kier molecular flexibility index (Phi) is 6.21. The molecule has 0 bridgehead atoms. The first-order valence-corrected chi connectivity index (χ1v) is 8.43. The van der Waals surface area contributed by atoms with Crippen molar-refractivity contribution in [2.45, 2.75) is 32.7 Å². The molecule has 132 valence electrons. The van der Waals surface area contributed by atoms with Gasteiger partial charge in [0.25, 0.3) is 5.91 Å². The monoisotopic (exact) mass is 359 g/mol. The van der Waals surface area contributed by atoms with Gasteiger partial charge < -0.3 is 10.1 Å². The molecule has 0 aromatic heterocycles. The molecule has 0 aliphatic heterocycles. The number of hydrogen-bond donors (Lipinski definition) is 1. The average Bonchev–Trinajstić information content (AvgIpc) is 2.58. The molecule has 0 saturated heterocycles. The zero-order valence-corrected chi connectivity index (χ0v) is 15.4. The Bertz CT molecular complexity index is 748. The minimum Gasteiger partial charge on any atom is -0.452 e. The van der Waals surface area contributed by atoms with Gasteiger partial charge >= 0.3 is 5.97 Å². The molecule has 2 aromatic rings. The summed E-state index contributed by atoms with van der Waals surface area (Å²) in [5.41, 5.74) is 2.37. The van der Waals surface area contributed by atoms with Crippen molar-refractivity contribution in [3.05, 3.63) is 70.2 Å². The molecule has 0 unspecified atom stereocenters. The van der Waals surface area contributed by atoms with Crippen LogP contribution in [0.3, 0.4) is 0 Å². The fourth-order valence-electron chi connectivity index (χ4n) is 2.21. The summed E-state index contributed by atoms with van der Waals surface area (Å²) in [6.45, 7) is 6.26. The van der Waals surface area contributed by atoms with E-state index in [0.29, 0.717) is 10.6 Å². The second-order valence-corrected chi connectivity index (χ2v) is 7.18. The largest absolute Gasteiger partial charge is 0.452 e. The van der Waals surface area contributed by atoms with Gasteiger partial charge in [0, 0.05) is 11.6 Å². The van der Waals surface area contributed by atoms with Gasteiger partial charge in [-0.2, -0.15) is 0 Å².